The van der Waals surface area contributed by atoms with Crippen molar-refractivity contribution in [1.82, 2.24) is 10.3 Å². The maximum Gasteiger partial charge on any atom is 0.573 e. The van der Waals surface area contributed by atoms with E-state index in [9.17, 15) is 13.2 Å². The number of nitrogens with zero attached hydrogens (tertiary/aromatic N) is 2. The summed E-state index contributed by atoms with van der Waals surface area (Å²) in [5.74, 6) is -0.0213. The number of aryl methyl sites for hydroxylation is 2. The number of benzene rings is 1. The lowest BCUT2D eigenvalue weighted by Gasteiger charge is -2.09. The van der Waals surface area contributed by atoms with E-state index in [1.54, 1.807) is 11.3 Å². The van der Waals surface area contributed by atoms with Crippen molar-refractivity contribution in [2.75, 3.05) is 0 Å². The lowest BCUT2D eigenvalue weighted by atomic mass is 10.2. The predicted molar refractivity (Wildman–Crippen MR) is 86.9 cm³/mol. The van der Waals surface area contributed by atoms with Crippen molar-refractivity contribution in [3.63, 3.8) is 0 Å². The highest BCUT2D eigenvalue weighted by atomic mass is 32.1. The molecule has 0 unspecified atom stereocenters. The SMILES string of the molecule is Cc1nc(CNC(N)=NCc2ccc(OC(F)(F)F)cc2)sc1C. The van der Waals surface area contributed by atoms with E-state index >= 15 is 0 Å². The first-order valence-electron chi connectivity index (χ1n) is 7.04. The minimum atomic E-state index is -4.69. The van der Waals surface area contributed by atoms with E-state index in [4.69, 9.17) is 5.73 Å². The largest absolute Gasteiger partial charge is 0.573 e. The molecule has 1 aromatic heterocycles. The summed E-state index contributed by atoms with van der Waals surface area (Å²) in [7, 11) is 0. The van der Waals surface area contributed by atoms with E-state index < -0.39 is 6.36 Å². The summed E-state index contributed by atoms with van der Waals surface area (Å²) in [5.41, 5.74) is 7.48. The zero-order valence-electron chi connectivity index (χ0n) is 13.1. The molecule has 5 nitrogen and oxygen atoms in total. The molecule has 130 valence electrons. The van der Waals surface area contributed by atoms with Gasteiger partial charge >= 0.3 is 6.36 Å². The van der Waals surface area contributed by atoms with Crippen molar-refractivity contribution >= 4 is 17.3 Å². The molecular formula is C15H17F3N4OS. The standard InChI is InChI=1S/C15H17F3N4OS/c1-9-10(2)24-13(22-9)8-21-14(19)20-7-11-3-5-12(6-4-11)23-15(16,17)18/h3-6H,7-8H2,1-2H3,(H3,19,20,21). The molecule has 1 heterocycles. The Kier molecular flexibility index (Phi) is 5.66. The monoisotopic (exact) mass is 358 g/mol. The highest BCUT2D eigenvalue weighted by Gasteiger charge is 2.30. The number of nitrogens with two attached hydrogens (primary N) is 1. The third kappa shape index (κ3) is 5.73. The second kappa shape index (κ2) is 7.52. The van der Waals surface area contributed by atoms with Crippen molar-refractivity contribution in [2.45, 2.75) is 33.3 Å². The zero-order valence-corrected chi connectivity index (χ0v) is 14.0. The number of guanidine groups is 1. The van der Waals surface area contributed by atoms with Crippen molar-refractivity contribution in [3.8, 4) is 5.75 Å². The van der Waals surface area contributed by atoms with Crippen molar-refractivity contribution in [1.29, 1.82) is 0 Å². The van der Waals surface area contributed by atoms with Crippen molar-refractivity contribution in [3.05, 3.63) is 45.4 Å². The van der Waals surface area contributed by atoms with Crippen LogP contribution in [0.4, 0.5) is 13.2 Å². The molecule has 3 N–H and O–H groups in total. The van der Waals surface area contributed by atoms with Gasteiger partial charge in [-0.2, -0.15) is 0 Å². The van der Waals surface area contributed by atoms with Gasteiger partial charge in [-0.15, -0.1) is 24.5 Å². The van der Waals surface area contributed by atoms with Gasteiger partial charge in [-0.1, -0.05) is 12.1 Å². The van der Waals surface area contributed by atoms with Gasteiger partial charge < -0.3 is 15.8 Å². The molecule has 0 saturated heterocycles. The fourth-order valence-corrected chi connectivity index (χ4v) is 2.68. The first-order valence-corrected chi connectivity index (χ1v) is 7.86. The van der Waals surface area contributed by atoms with Crippen molar-refractivity contribution in [2.24, 2.45) is 10.7 Å². The second-order valence-corrected chi connectivity index (χ2v) is 6.28. The van der Waals surface area contributed by atoms with Crippen LogP contribution in [0.5, 0.6) is 5.75 Å². The minimum absolute atomic E-state index is 0.246. The van der Waals surface area contributed by atoms with Crippen LogP contribution < -0.4 is 15.8 Å². The molecule has 0 saturated carbocycles. The Balaban J connectivity index is 1.85. The molecule has 2 aromatic rings. The van der Waals surface area contributed by atoms with Gasteiger partial charge in [-0.3, -0.25) is 0 Å². The molecule has 0 atom stereocenters. The number of hydrogen-bond acceptors (Lipinski definition) is 4. The van der Waals surface area contributed by atoms with Gasteiger partial charge in [0, 0.05) is 4.88 Å². The van der Waals surface area contributed by atoms with Crippen LogP contribution in [0.2, 0.25) is 0 Å². The molecule has 2 rings (SSSR count). The summed E-state index contributed by atoms with van der Waals surface area (Å²) >= 11 is 1.59. The van der Waals surface area contributed by atoms with E-state index in [0.717, 1.165) is 21.1 Å². The number of aromatic nitrogens is 1. The Hall–Kier alpha value is -2.29. The predicted octanol–water partition coefficient (Wildman–Crippen LogP) is 3.26. The Morgan fingerprint density at radius 2 is 1.96 bits per heavy atom. The molecule has 0 radical (unpaired) electrons. The third-order valence-electron chi connectivity index (χ3n) is 3.08. The maximum atomic E-state index is 12.1. The third-order valence-corrected chi connectivity index (χ3v) is 4.16. The molecule has 0 aliphatic rings. The Bertz CT molecular complexity index is 691. The summed E-state index contributed by atoms with van der Waals surface area (Å²) in [5, 5.41) is 3.87. The normalized spacial score (nSPS) is 12.3. The zero-order chi connectivity index (χ0) is 17.7. The van der Waals surface area contributed by atoms with Gasteiger partial charge in [0.2, 0.25) is 0 Å². The smallest absolute Gasteiger partial charge is 0.406 e. The molecule has 0 fully saturated rings. The highest BCUT2D eigenvalue weighted by molar-refractivity contribution is 7.11. The second-order valence-electron chi connectivity index (χ2n) is 5.00. The maximum absolute atomic E-state index is 12.1. The van der Waals surface area contributed by atoms with Crippen LogP contribution in [0.15, 0.2) is 29.3 Å². The molecule has 0 aliphatic carbocycles. The van der Waals surface area contributed by atoms with E-state index in [-0.39, 0.29) is 18.3 Å². The topological polar surface area (TPSA) is 72.5 Å². The number of ether oxygens (including phenoxy) is 1. The summed E-state index contributed by atoms with van der Waals surface area (Å²) in [4.78, 5) is 9.68. The lowest BCUT2D eigenvalue weighted by molar-refractivity contribution is -0.274. The molecule has 1 aromatic carbocycles. The van der Waals surface area contributed by atoms with Crippen LogP contribution >= 0.6 is 11.3 Å². The molecule has 24 heavy (non-hydrogen) atoms. The first kappa shape index (κ1) is 18.1. The fourth-order valence-electron chi connectivity index (χ4n) is 1.81. The first-order chi connectivity index (χ1) is 11.2. The van der Waals surface area contributed by atoms with Crippen LogP contribution in [-0.2, 0) is 13.1 Å². The number of rotatable bonds is 5. The minimum Gasteiger partial charge on any atom is -0.406 e. The van der Waals surface area contributed by atoms with Crippen LogP contribution in [0, 0.1) is 13.8 Å². The number of alkyl halides is 3. The summed E-state index contributed by atoms with van der Waals surface area (Å²) < 4.78 is 40.0. The van der Waals surface area contributed by atoms with Gasteiger partial charge in [-0.05, 0) is 31.5 Å². The summed E-state index contributed by atoms with van der Waals surface area (Å²) in [6.45, 7) is 4.67. The number of aliphatic imine (C=N–C) groups is 1. The van der Waals surface area contributed by atoms with E-state index in [2.05, 4.69) is 20.0 Å². The molecule has 9 heteroatoms. The van der Waals surface area contributed by atoms with Gasteiger partial charge in [-0.25, -0.2) is 9.98 Å². The van der Waals surface area contributed by atoms with E-state index in [1.807, 2.05) is 13.8 Å². The Morgan fingerprint density at radius 3 is 2.50 bits per heavy atom. The van der Waals surface area contributed by atoms with Crippen LogP contribution in [0.3, 0.4) is 0 Å². The molecule has 0 spiro atoms. The van der Waals surface area contributed by atoms with Gasteiger partial charge in [0.15, 0.2) is 5.96 Å². The van der Waals surface area contributed by atoms with Gasteiger partial charge in [0.25, 0.3) is 0 Å². The Morgan fingerprint density at radius 1 is 1.29 bits per heavy atom. The molecule has 0 bridgehead atoms. The van der Waals surface area contributed by atoms with Gasteiger partial charge in [0.05, 0.1) is 18.8 Å². The quantitative estimate of drug-likeness (QED) is 0.636. The molecule has 0 amide bonds. The number of nitrogens with one attached hydrogen (secondary N) is 1. The van der Waals surface area contributed by atoms with E-state index in [0.29, 0.717) is 6.54 Å². The van der Waals surface area contributed by atoms with Crippen LogP contribution in [-0.4, -0.2) is 17.3 Å². The number of hydrogen-bond donors (Lipinski definition) is 2. The van der Waals surface area contributed by atoms with Crippen molar-refractivity contribution < 1.29 is 17.9 Å². The number of thiazole rings is 1. The van der Waals surface area contributed by atoms with E-state index in [1.165, 1.54) is 24.3 Å². The lowest BCUT2D eigenvalue weighted by Crippen LogP contribution is -2.31. The number of halogens is 3. The van der Waals surface area contributed by atoms with Crippen LogP contribution in [0.1, 0.15) is 21.1 Å². The molecule has 0 aliphatic heterocycles. The average molecular weight is 358 g/mol. The fraction of sp³-hybridized carbons (Fsp3) is 0.333. The Labute approximate surface area is 141 Å². The average Bonchev–Trinajstić information content (AvgIpc) is 2.81. The highest BCUT2D eigenvalue weighted by Crippen LogP contribution is 2.22. The summed E-state index contributed by atoms with van der Waals surface area (Å²) in [6, 6.07) is 5.49. The van der Waals surface area contributed by atoms with Crippen LogP contribution in [0.25, 0.3) is 0 Å². The van der Waals surface area contributed by atoms with Gasteiger partial charge in [0.1, 0.15) is 10.8 Å². The summed E-state index contributed by atoms with van der Waals surface area (Å²) in [6.07, 6.45) is -4.69. The molecular weight excluding hydrogens is 341 g/mol.